The van der Waals surface area contributed by atoms with Crippen molar-refractivity contribution in [1.82, 2.24) is 9.88 Å². The number of carbonyl (C=O) groups is 1. The minimum atomic E-state index is -0.158. The van der Waals surface area contributed by atoms with Gasteiger partial charge in [-0.1, -0.05) is 36.4 Å². The third kappa shape index (κ3) is 4.12. The van der Waals surface area contributed by atoms with Crippen LogP contribution in [0.4, 0.5) is 22.0 Å². The minimum Gasteiger partial charge on any atom is -0.368 e. The second kappa shape index (κ2) is 8.69. The Labute approximate surface area is 179 Å². The van der Waals surface area contributed by atoms with Gasteiger partial charge in [-0.15, -0.1) is 17.8 Å². The summed E-state index contributed by atoms with van der Waals surface area (Å²) in [5.74, 6) is 2.96. The fraction of sp³-hybridized carbons (Fsp3) is 0.174. The van der Waals surface area contributed by atoms with E-state index < -0.39 is 0 Å². The molecular weight excluding hydrogens is 394 g/mol. The highest BCUT2D eigenvalue weighted by Gasteiger charge is 2.22. The van der Waals surface area contributed by atoms with Gasteiger partial charge in [0.25, 0.3) is 0 Å². The Morgan fingerprint density at radius 3 is 2.53 bits per heavy atom. The monoisotopic (exact) mass is 413 g/mol. The first-order chi connectivity index (χ1) is 14.7. The van der Waals surface area contributed by atoms with Crippen LogP contribution >= 0.6 is 11.3 Å². The third-order valence-corrected chi connectivity index (χ3v) is 5.77. The topological polar surface area (TPSA) is 52.8 Å². The Hall–Kier alpha value is -3.81. The lowest BCUT2D eigenvalue weighted by Crippen LogP contribution is -2.50. The number of nitrogens with zero attached hydrogens (tertiary/aromatic N) is 4. The normalized spacial score (nSPS) is 13.4. The highest BCUT2D eigenvalue weighted by atomic mass is 32.1. The fourth-order valence-corrected chi connectivity index (χ4v) is 3.97. The Morgan fingerprint density at radius 2 is 1.87 bits per heavy atom. The summed E-state index contributed by atoms with van der Waals surface area (Å²) < 4.78 is 0. The van der Waals surface area contributed by atoms with Crippen molar-refractivity contribution >= 4 is 34.6 Å². The highest BCUT2D eigenvalue weighted by Crippen LogP contribution is 2.31. The van der Waals surface area contributed by atoms with Gasteiger partial charge in [0.15, 0.2) is 10.7 Å². The Bertz CT molecular complexity index is 1130. The van der Waals surface area contributed by atoms with Crippen molar-refractivity contribution < 1.29 is 4.79 Å². The van der Waals surface area contributed by atoms with Gasteiger partial charge in [0, 0.05) is 37.2 Å². The largest absolute Gasteiger partial charge is 0.368 e. The number of piperazine rings is 1. The molecule has 2 aromatic carbocycles. The van der Waals surface area contributed by atoms with Crippen LogP contribution in [-0.2, 0) is 0 Å². The van der Waals surface area contributed by atoms with Crippen LogP contribution in [0.3, 0.4) is 0 Å². The number of nitrogens with one attached hydrogen (secondary N) is 1. The number of benzene rings is 2. The van der Waals surface area contributed by atoms with E-state index in [0.717, 1.165) is 29.9 Å². The molecule has 1 saturated heterocycles. The summed E-state index contributed by atoms with van der Waals surface area (Å²) in [4.78, 5) is 24.3. The maximum Gasteiger partial charge on any atom is 0.323 e. The van der Waals surface area contributed by atoms with Crippen molar-refractivity contribution in [2.75, 3.05) is 36.4 Å². The Kier molecular flexibility index (Phi) is 5.65. The molecule has 1 aliphatic rings. The predicted octanol–water partition coefficient (Wildman–Crippen LogP) is 4.70. The van der Waals surface area contributed by atoms with Gasteiger partial charge < -0.3 is 9.80 Å². The summed E-state index contributed by atoms with van der Waals surface area (Å²) in [6.45, 7) is 10.1. The number of carbonyl (C=O) groups excluding carboxylic acids is 1. The van der Waals surface area contributed by atoms with Crippen LogP contribution in [0.2, 0.25) is 0 Å². The molecule has 0 unspecified atom stereocenters. The van der Waals surface area contributed by atoms with Crippen LogP contribution < -0.4 is 10.2 Å². The summed E-state index contributed by atoms with van der Waals surface area (Å²) in [6, 6.07) is 15.7. The highest BCUT2D eigenvalue weighted by molar-refractivity contribution is 7.10. The molecule has 7 heteroatoms. The molecule has 2 amide bonds. The maximum atomic E-state index is 12.5. The molecule has 1 aliphatic heterocycles. The van der Waals surface area contributed by atoms with Crippen LogP contribution in [-0.4, -0.2) is 42.1 Å². The molecule has 3 aromatic rings. The van der Waals surface area contributed by atoms with Crippen LogP contribution in [0.1, 0.15) is 5.01 Å². The molecule has 1 fully saturated rings. The summed E-state index contributed by atoms with van der Waals surface area (Å²) in [6.07, 6.45) is 5.32. The lowest BCUT2D eigenvalue weighted by molar-refractivity contribution is 0.208. The van der Waals surface area contributed by atoms with Crippen molar-refractivity contribution in [3.63, 3.8) is 0 Å². The number of hydrogen-bond acceptors (Lipinski definition) is 4. The predicted molar refractivity (Wildman–Crippen MR) is 121 cm³/mol. The van der Waals surface area contributed by atoms with Crippen LogP contribution in [0.25, 0.3) is 16.0 Å². The number of anilines is 2. The zero-order chi connectivity index (χ0) is 20.9. The molecular formula is C23H19N5OS. The van der Waals surface area contributed by atoms with E-state index in [2.05, 4.69) is 38.1 Å². The summed E-state index contributed by atoms with van der Waals surface area (Å²) in [5, 5.41) is 5.11. The lowest BCUT2D eigenvalue weighted by atomic mass is 10.0. The van der Waals surface area contributed by atoms with E-state index in [-0.39, 0.29) is 6.03 Å². The van der Waals surface area contributed by atoms with E-state index in [4.69, 9.17) is 13.0 Å². The minimum absolute atomic E-state index is 0.158. The molecule has 1 aromatic heterocycles. The number of amides is 2. The summed E-state index contributed by atoms with van der Waals surface area (Å²) >= 11 is 1.33. The van der Waals surface area contributed by atoms with Crippen molar-refractivity contribution in [2.24, 2.45) is 0 Å². The molecule has 2 heterocycles. The van der Waals surface area contributed by atoms with E-state index >= 15 is 0 Å². The number of thiazole rings is 1. The zero-order valence-electron chi connectivity index (χ0n) is 16.2. The molecule has 148 valence electrons. The van der Waals surface area contributed by atoms with E-state index in [1.807, 2.05) is 36.4 Å². The first-order valence-electron chi connectivity index (χ1n) is 9.48. The fourth-order valence-electron chi connectivity index (χ4n) is 3.42. The van der Waals surface area contributed by atoms with Gasteiger partial charge in [-0.05, 0) is 29.2 Å². The molecule has 0 saturated carbocycles. The maximum absolute atomic E-state index is 12.5. The van der Waals surface area contributed by atoms with Gasteiger partial charge in [0.2, 0.25) is 0 Å². The van der Waals surface area contributed by atoms with Crippen LogP contribution in [0.15, 0.2) is 53.9 Å². The standard InChI is InChI=1S/C23H19N5OS/c1-3-22-25-21(16-30-22)26-23(29)28-14-12-27(13-15-28)18-10-8-17(9-11-18)19-6-4-5-7-20(19)24-2/h1,4-11,16H,12-15H2,(H,26,29). The summed E-state index contributed by atoms with van der Waals surface area (Å²) in [5.41, 5.74) is 3.73. The van der Waals surface area contributed by atoms with Crippen LogP contribution in [0.5, 0.6) is 0 Å². The molecule has 4 rings (SSSR count). The number of para-hydroxylation sites is 1. The number of urea groups is 1. The van der Waals surface area contributed by atoms with Gasteiger partial charge in [0.1, 0.15) is 5.82 Å². The van der Waals surface area contributed by atoms with Crippen molar-refractivity contribution in [1.29, 1.82) is 0 Å². The van der Waals surface area contributed by atoms with E-state index in [1.165, 1.54) is 11.3 Å². The Morgan fingerprint density at radius 1 is 1.13 bits per heavy atom. The molecule has 0 bridgehead atoms. The average Bonchev–Trinajstić information content (AvgIpc) is 3.27. The number of hydrogen-bond donors (Lipinski definition) is 1. The van der Waals surface area contributed by atoms with E-state index in [1.54, 1.807) is 10.3 Å². The van der Waals surface area contributed by atoms with Crippen molar-refractivity contribution in [2.45, 2.75) is 0 Å². The van der Waals surface area contributed by atoms with E-state index in [9.17, 15) is 4.79 Å². The molecule has 0 radical (unpaired) electrons. The molecule has 0 aliphatic carbocycles. The van der Waals surface area contributed by atoms with E-state index in [0.29, 0.717) is 29.6 Å². The lowest BCUT2D eigenvalue weighted by Gasteiger charge is -2.36. The molecule has 6 nitrogen and oxygen atoms in total. The Balaban J connectivity index is 1.36. The second-order valence-corrected chi connectivity index (χ2v) is 7.62. The number of aromatic nitrogens is 1. The average molecular weight is 414 g/mol. The van der Waals surface area contributed by atoms with Gasteiger partial charge in [-0.3, -0.25) is 5.32 Å². The van der Waals surface area contributed by atoms with Crippen molar-refractivity contribution in [3.05, 3.63) is 70.3 Å². The third-order valence-electron chi connectivity index (χ3n) is 5.00. The first-order valence-corrected chi connectivity index (χ1v) is 10.4. The molecule has 1 N–H and O–H groups in total. The van der Waals surface area contributed by atoms with Gasteiger partial charge in [-0.2, -0.15) is 0 Å². The smallest absolute Gasteiger partial charge is 0.323 e. The van der Waals surface area contributed by atoms with Gasteiger partial charge in [-0.25, -0.2) is 14.6 Å². The first kappa shape index (κ1) is 19.5. The van der Waals surface area contributed by atoms with Gasteiger partial charge in [0.05, 0.1) is 6.57 Å². The van der Waals surface area contributed by atoms with Crippen molar-refractivity contribution in [3.8, 4) is 23.5 Å². The number of rotatable bonds is 3. The quantitative estimate of drug-likeness (QED) is 0.500. The molecule has 0 atom stereocenters. The second-order valence-electron chi connectivity index (χ2n) is 6.76. The zero-order valence-corrected chi connectivity index (χ0v) is 17.0. The summed E-state index contributed by atoms with van der Waals surface area (Å²) in [7, 11) is 0. The SMILES string of the molecule is [C-]#[N+]c1ccccc1-c1ccc(N2CCN(C(=O)Nc3csc(C#C)n3)CC2)cc1. The van der Waals surface area contributed by atoms with Gasteiger partial charge >= 0.3 is 6.03 Å². The molecule has 30 heavy (non-hydrogen) atoms. The number of terminal acetylenes is 1. The molecule has 0 spiro atoms. The van der Waals surface area contributed by atoms with Crippen LogP contribution in [0, 0.1) is 18.9 Å².